The predicted molar refractivity (Wildman–Crippen MR) is 89.3 cm³/mol. The molecule has 0 unspecified atom stereocenters. The molecule has 0 aromatic carbocycles. The van der Waals surface area contributed by atoms with Gasteiger partial charge in [-0.15, -0.1) is 0 Å². The van der Waals surface area contributed by atoms with Crippen molar-refractivity contribution in [2.75, 3.05) is 26.0 Å². The Balaban J connectivity index is 1.59. The van der Waals surface area contributed by atoms with Crippen LogP contribution in [0.5, 0.6) is 0 Å². The second kappa shape index (κ2) is 6.84. The van der Waals surface area contributed by atoms with Crippen molar-refractivity contribution in [2.45, 2.75) is 50.3 Å². The fourth-order valence-corrected chi connectivity index (χ4v) is 3.73. The fraction of sp³-hybridized carbons (Fsp3) is 0.647. The van der Waals surface area contributed by atoms with E-state index in [1.807, 2.05) is 26.2 Å². The van der Waals surface area contributed by atoms with Crippen molar-refractivity contribution in [3.05, 3.63) is 23.9 Å². The van der Waals surface area contributed by atoms with Crippen LogP contribution in [-0.2, 0) is 11.3 Å². The smallest absolute Gasteiger partial charge is 0.320 e. The first-order chi connectivity index (χ1) is 11.1. The van der Waals surface area contributed by atoms with Crippen LogP contribution in [0.1, 0.15) is 37.7 Å². The van der Waals surface area contributed by atoms with E-state index in [0.29, 0.717) is 5.82 Å². The Kier molecular flexibility index (Phi) is 4.82. The van der Waals surface area contributed by atoms with E-state index in [-0.39, 0.29) is 17.7 Å². The van der Waals surface area contributed by atoms with Gasteiger partial charge in [-0.3, -0.25) is 5.32 Å². The van der Waals surface area contributed by atoms with E-state index in [0.717, 1.165) is 38.0 Å². The second-order valence-corrected chi connectivity index (χ2v) is 6.85. The number of nitrogens with one attached hydrogen (secondary N) is 2. The molecule has 2 aliphatic rings. The molecule has 1 aromatic rings. The van der Waals surface area contributed by atoms with Gasteiger partial charge in [0.15, 0.2) is 0 Å². The summed E-state index contributed by atoms with van der Waals surface area (Å²) in [6, 6.07) is 3.79. The average molecular weight is 318 g/mol. The molecule has 2 fully saturated rings. The Morgan fingerprint density at radius 1 is 1.43 bits per heavy atom. The topological polar surface area (TPSA) is 66.5 Å². The fourth-order valence-electron chi connectivity index (χ4n) is 3.73. The molecule has 1 saturated heterocycles. The Morgan fingerprint density at radius 3 is 2.96 bits per heavy atom. The summed E-state index contributed by atoms with van der Waals surface area (Å²) in [5, 5.41) is 5.95. The minimum Gasteiger partial charge on any atom is -0.373 e. The minimum absolute atomic E-state index is 0.106. The van der Waals surface area contributed by atoms with Crippen LogP contribution in [0.2, 0.25) is 0 Å². The lowest BCUT2D eigenvalue weighted by Crippen LogP contribution is -2.49. The zero-order valence-corrected chi connectivity index (χ0v) is 14.0. The number of nitrogens with zero attached hydrogens (tertiary/aromatic N) is 2. The second-order valence-electron chi connectivity index (χ2n) is 6.85. The van der Waals surface area contributed by atoms with Crippen LogP contribution >= 0.6 is 0 Å². The summed E-state index contributed by atoms with van der Waals surface area (Å²) in [6.45, 7) is 1.56. The number of hydrogen-bond acceptors (Lipinski definition) is 4. The van der Waals surface area contributed by atoms with Gasteiger partial charge in [0.1, 0.15) is 5.82 Å². The molecule has 1 spiro atoms. The molecule has 1 aliphatic heterocycles. The zero-order valence-electron chi connectivity index (χ0n) is 14.0. The molecule has 6 nitrogen and oxygen atoms in total. The van der Waals surface area contributed by atoms with Gasteiger partial charge in [0.25, 0.3) is 0 Å². The summed E-state index contributed by atoms with van der Waals surface area (Å²) in [4.78, 5) is 18.6. The number of carbonyl (C=O) groups excluding carboxylic acids is 1. The van der Waals surface area contributed by atoms with Crippen LogP contribution in [0.25, 0.3) is 0 Å². The Labute approximate surface area is 137 Å². The largest absolute Gasteiger partial charge is 0.373 e. The number of aromatic nitrogens is 1. The van der Waals surface area contributed by atoms with Crippen molar-refractivity contribution in [2.24, 2.45) is 0 Å². The zero-order chi connectivity index (χ0) is 16.3. The summed E-state index contributed by atoms with van der Waals surface area (Å²) in [6.07, 6.45) is 7.10. The number of anilines is 1. The third-order valence-electron chi connectivity index (χ3n) is 4.75. The molecule has 6 heteroatoms. The quantitative estimate of drug-likeness (QED) is 0.894. The number of urea groups is 1. The van der Waals surface area contributed by atoms with E-state index in [1.54, 1.807) is 6.20 Å². The molecular weight excluding hydrogens is 292 g/mol. The lowest BCUT2D eigenvalue weighted by molar-refractivity contribution is -0.00231. The van der Waals surface area contributed by atoms with Gasteiger partial charge in [-0.1, -0.05) is 12.8 Å². The van der Waals surface area contributed by atoms with E-state index in [9.17, 15) is 4.79 Å². The SMILES string of the molecule is CN(C)Cc1ccnc(NC(=O)N[C@H]2CCOC23CCCC3)c1. The number of rotatable bonds is 4. The van der Waals surface area contributed by atoms with E-state index in [2.05, 4.69) is 20.5 Å². The van der Waals surface area contributed by atoms with Crippen LogP contribution in [0.3, 0.4) is 0 Å². The van der Waals surface area contributed by atoms with Crippen LogP contribution < -0.4 is 10.6 Å². The molecule has 3 rings (SSSR count). The standard InChI is InChI=1S/C17H26N4O2/c1-21(2)12-13-5-9-18-15(11-13)20-16(22)19-14-6-10-23-17(14)7-3-4-8-17/h5,9,11,14H,3-4,6-8,10,12H2,1-2H3,(H2,18,19,20,22)/t14-/m0/s1. The van der Waals surface area contributed by atoms with E-state index in [1.165, 1.54) is 12.8 Å². The van der Waals surface area contributed by atoms with Crippen molar-refractivity contribution in [3.63, 3.8) is 0 Å². The molecule has 2 heterocycles. The molecular formula is C17H26N4O2. The highest BCUT2D eigenvalue weighted by Gasteiger charge is 2.46. The van der Waals surface area contributed by atoms with Gasteiger partial charge >= 0.3 is 6.03 Å². The molecule has 2 amide bonds. The highest BCUT2D eigenvalue weighted by Crippen LogP contribution is 2.41. The maximum atomic E-state index is 12.3. The van der Waals surface area contributed by atoms with E-state index in [4.69, 9.17) is 4.74 Å². The number of amides is 2. The van der Waals surface area contributed by atoms with Gasteiger partial charge in [-0.25, -0.2) is 9.78 Å². The van der Waals surface area contributed by atoms with Crippen LogP contribution in [0, 0.1) is 0 Å². The van der Waals surface area contributed by atoms with Crippen molar-refractivity contribution >= 4 is 11.8 Å². The summed E-state index contributed by atoms with van der Waals surface area (Å²) in [5.41, 5.74) is 0.995. The van der Waals surface area contributed by atoms with Crippen LogP contribution in [-0.4, -0.2) is 48.3 Å². The van der Waals surface area contributed by atoms with Crippen LogP contribution in [0.15, 0.2) is 18.3 Å². The van der Waals surface area contributed by atoms with Gasteiger partial charge in [0.2, 0.25) is 0 Å². The third kappa shape index (κ3) is 3.82. The average Bonchev–Trinajstić information content (AvgIpc) is 3.10. The first-order valence-corrected chi connectivity index (χ1v) is 8.39. The van der Waals surface area contributed by atoms with Gasteiger partial charge in [0, 0.05) is 19.3 Å². The molecule has 0 radical (unpaired) electrons. The Morgan fingerprint density at radius 2 is 2.22 bits per heavy atom. The maximum absolute atomic E-state index is 12.3. The first kappa shape index (κ1) is 16.2. The van der Waals surface area contributed by atoms with Crippen molar-refractivity contribution in [1.29, 1.82) is 0 Å². The molecule has 1 saturated carbocycles. The molecule has 1 aliphatic carbocycles. The highest BCUT2D eigenvalue weighted by atomic mass is 16.5. The number of ether oxygens (including phenoxy) is 1. The molecule has 2 N–H and O–H groups in total. The molecule has 1 aromatic heterocycles. The van der Waals surface area contributed by atoms with Gasteiger partial charge in [-0.2, -0.15) is 0 Å². The molecule has 126 valence electrons. The summed E-state index contributed by atoms with van der Waals surface area (Å²) in [7, 11) is 4.03. The highest BCUT2D eigenvalue weighted by molar-refractivity contribution is 5.88. The number of pyridine rings is 1. The monoisotopic (exact) mass is 318 g/mol. The molecule has 23 heavy (non-hydrogen) atoms. The summed E-state index contributed by atoms with van der Waals surface area (Å²) < 4.78 is 5.96. The minimum atomic E-state index is -0.193. The normalized spacial score (nSPS) is 22.7. The van der Waals surface area contributed by atoms with E-state index < -0.39 is 0 Å². The third-order valence-corrected chi connectivity index (χ3v) is 4.75. The molecule has 0 bridgehead atoms. The van der Waals surface area contributed by atoms with Gasteiger partial charge < -0.3 is 15.0 Å². The Bertz CT molecular complexity index is 550. The summed E-state index contributed by atoms with van der Waals surface area (Å²) in [5.74, 6) is 0.584. The maximum Gasteiger partial charge on any atom is 0.320 e. The van der Waals surface area contributed by atoms with Crippen molar-refractivity contribution < 1.29 is 9.53 Å². The number of carbonyl (C=O) groups is 1. The predicted octanol–water partition coefficient (Wildman–Crippen LogP) is 2.37. The lowest BCUT2D eigenvalue weighted by Gasteiger charge is -2.30. The van der Waals surface area contributed by atoms with Crippen molar-refractivity contribution in [3.8, 4) is 0 Å². The number of hydrogen-bond donors (Lipinski definition) is 2. The molecule has 1 atom stereocenters. The van der Waals surface area contributed by atoms with Crippen molar-refractivity contribution in [1.82, 2.24) is 15.2 Å². The van der Waals surface area contributed by atoms with Crippen LogP contribution in [0.4, 0.5) is 10.6 Å². The lowest BCUT2D eigenvalue weighted by atomic mass is 9.93. The first-order valence-electron chi connectivity index (χ1n) is 8.39. The van der Waals surface area contributed by atoms with E-state index >= 15 is 0 Å². The Hall–Kier alpha value is -1.66. The van der Waals surface area contributed by atoms with Gasteiger partial charge in [0.05, 0.1) is 11.6 Å². The summed E-state index contributed by atoms with van der Waals surface area (Å²) >= 11 is 0. The van der Waals surface area contributed by atoms with Gasteiger partial charge in [-0.05, 0) is 51.1 Å².